The van der Waals surface area contributed by atoms with E-state index in [1.807, 2.05) is 6.92 Å². The molecule has 0 aliphatic heterocycles. The number of nitrogens with two attached hydrogens (primary N) is 1. The van der Waals surface area contributed by atoms with Gasteiger partial charge in [0.1, 0.15) is 10.6 Å². The molecule has 0 fully saturated rings. The van der Waals surface area contributed by atoms with Gasteiger partial charge in [0.25, 0.3) is 5.91 Å². The normalized spacial score (nSPS) is 11.2. The predicted octanol–water partition coefficient (Wildman–Crippen LogP) is 0.109. The summed E-state index contributed by atoms with van der Waals surface area (Å²) in [6.07, 6.45) is 0. The lowest BCUT2D eigenvalue weighted by Gasteiger charge is -2.09. The van der Waals surface area contributed by atoms with E-state index >= 15 is 0 Å². The van der Waals surface area contributed by atoms with Gasteiger partial charge < -0.3 is 14.8 Å². The largest absolute Gasteiger partial charge is 0.495 e. The molecule has 0 saturated heterocycles. The Bertz CT molecular complexity index is 571. The van der Waals surface area contributed by atoms with Gasteiger partial charge in [0.05, 0.1) is 13.7 Å². The Hall–Kier alpha value is -1.64. The summed E-state index contributed by atoms with van der Waals surface area (Å²) in [5.41, 5.74) is 0.186. The molecule has 0 aromatic heterocycles. The first kappa shape index (κ1) is 16.4. The number of carbonyl (C=O) groups excluding carboxylic acids is 1. The number of hydrogen-bond acceptors (Lipinski definition) is 5. The van der Waals surface area contributed by atoms with Crippen LogP contribution in [0.25, 0.3) is 0 Å². The molecule has 1 rings (SSSR count). The quantitative estimate of drug-likeness (QED) is 0.695. The number of amides is 1. The lowest BCUT2D eigenvalue weighted by molar-refractivity contribution is 0.0922. The van der Waals surface area contributed by atoms with Gasteiger partial charge in [-0.25, -0.2) is 13.6 Å². The van der Waals surface area contributed by atoms with Crippen molar-refractivity contribution in [1.82, 2.24) is 5.32 Å². The number of sulfonamides is 1. The molecule has 8 heteroatoms. The predicted molar refractivity (Wildman–Crippen MR) is 73.2 cm³/mol. The number of methoxy groups -OCH3 is 1. The van der Waals surface area contributed by atoms with E-state index in [0.717, 1.165) is 0 Å². The van der Waals surface area contributed by atoms with Crippen molar-refractivity contribution in [3.63, 3.8) is 0 Å². The van der Waals surface area contributed by atoms with Gasteiger partial charge in [-0.3, -0.25) is 4.79 Å². The third kappa shape index (κ3) is 4.48. The van der Waals surface area contributed by atoms with E-state index < -0.39 is 15.9 Å². The molecular weight excluding hydrogens is 284 g/mol. The van der Waals surface area contributed by atoms with E-state index in [1.165, 1.54) is 25.3 Å². The summed E-state index contributed by atoms with van der Waals surface area (Å²) in [5.74, 6) is -0.310. The van der Waals surface area contributed by atoms with Gasteiger partial charge in [0.2, 0.25) is 10.0 Å². The first-order valence-electron chi connectivity index (χ1n) is 5.97. The monoisotopic (exact) mass is 302 g/mol. The second kappa shape index (κ2) is 7.22. The Kier molecular flexibility index (Phi) is 5.93. The molecule has 1 amide bonds. The number of carbonyl (C=O) groups is 1. The summed E-state index contributed by atoms with van der Waals surface area (Å²) in [5, 5.41) is 7.69. The third-order valence-electron chi connectivity index (χ3n) is 2.47. The average Bonchev–Trinajstić information content (AvgIpc) is 2.41. The van der Waals surface area contributed by atoms with Crippen molar-refractivity contribution in [2.75, 3.05) is 26.9 Å². The van der Waals surface area contributed by atoms with Gasteiger partial charge in [-0.2, -0.15) is 0 Å². The first-order valence-corrected chi connectivity index (χ1v) is 7.51. The van der Waals surface area contributed by atoms with Crippen LogP contribution in [-0.2, 0) is 14.8 Å². The fraction of sp³-hybridized carbons (Fsp3) is 0.417. The molecule has 20 heavy (non-hydrogen) atoms. The molecule has 0 unspecified atom stereocenters. The lowest BCUT2D eigenvalue weighted by Crippen LogP contribution is -2.27. The fourth-order valence-electron chi connectivity index (χ4n) is 1.52. The highest BCUT2D eigenvalue weighted by Gasteiger charge is 2.17. The van der Waals surface area contributed by atoms with Crippen LogP contribution in [0.3, 0.4) is 0 Å². The van der Waals surface area contributed by atoms with E-state index in [9.17, 15) is 13.2 Å². The average molecular weight is 302 g/mol. The zero-order chi connectivity index (χ0) is 15.2. The maximum Gasteiger partial charge on any atom is 0.251 e. The van der Waals surface area contributed by atoms with E-state index in [1.54, 1.807) is 0 Å². The maximum atomic E-state index is 11.8. The van der Waals surface area contributed by atoms with Crippen LogP contribution in [0.2, 0.25) is 0 Å². The molecule has 0 atom stereocenters. The van der Waals surface area contributed by atoms with Crippen LogP contribution < -0.4 is 15.2 Å². The van der Waals surface area contributed by atoms with Crippen LogP contribution in [-0.4, -0.2) is 41.2 Å². The number of ether oxygens (including phenoxy) is 2. The minimum absolute atomic E-state index is 0.0957. The fourth-order valence-corrected chi connectivity index (χ4v) is 2.25. The molecule has 0 aliphatic carbocycles. The molecule has 0 heterocycles. The molecule has 1 aromatic carbocycles. The van der Waals surface area contributed by atoms with Crippen molar-refractivity contribution in [1.29, 1.82) is 0 Å². The molecule has 7 nitrogen and oxygen atoms in total. The Morgan fingerprint density at radius 3 is 2.65 bits per heavy atom. The standard InChI is InChI=1S/C12H18N2O5S/c1-3-19-7-6-14-12(15)9-4-5-10(18-2)11(8-9)20(13,16)17/h4-5,8H,3,6-7H2,1-2H3,(H,14,15)(H2,13,16,17). The highest BCUT2D eigenvalue weighted by molar-refractivity contribution is 7.89. The van der Waals surface area contributed by atoms with Crippen LogP contribution in [0.15, 0.2) is 23.1 Å². The number of hydrogen-bond donors (Lipinski definition) is 2. The van der Waals surface area contributed by atoms with Gasteiger partial charge in [0, 0.05) is 18.7 Å². The molecule has 0 spiro atoms. The molecule has 3 N–H and O–H groups in total. The number of primary sulfonamides is 1. The SMILES string of the molecule is CCOCCNC(=O)c1ccc(OC)c(S(N)(=O)=O)c1. The molecular formula is C12H18N2O5S. The summed E-state index contributed by atoms with van der Waals surface area (Å²) in [6, 6.07) is 4.03. The Labute approximate surface area is 118 Å². The van der Waals surface area contributed by atoms with Gasteiger partial charge in [0.15, 0.2) is 0 Å². The Morgan fingerprint density at radius 1 is 1.40 bits per heavy atom. The lowest BCUT2D eigenvalue weighted by atomic mass is 10.2. The zero-order valence-corrected chi connectivity index (χ0v) is 12.2. The van der Waals surface area contributed by atoms with Crippen molar-refractivity contribution < 1.29 is 22.7 Å². The molecule has 112 valence electrons. The summed E-state index contributed by atoms with van der Waals surface area (Å²) < 4.78 is 32.9. The second-order valence-corrected chi connectivity index (χ2v) is 5.39. The van der Waals surface area contributed by atoms with E-state index in [2.05, 4.69) is 5.32 Å². The van der Waals surface area contributed by atoms with Crippen molar-refractivity contribution >= 4 is 15.9 Å². The second-order valence-electron chi connectivity index (χ2n) is 3.86. The minimum atomic E-state index is -3.96. The van der Waals surface area contributed by atoms with E-state index in [4.69, 9.17) is 14.6 Å². The number of benzene rings is 1. The third-order valence-corrected chi connectivity index (χ3v) is 3.40. The van der Waals surface area contributed by atoms with E-state index in [-0.39, 0.29) is 16.2 Å². The Morgan fingerprint density at radius 2 is 2.10 bits per heavy atom. The van der Waals surface area contributed by atoms with E-state index in [0.29, 0.717) is 19.8 Å². The van der Waals surface area contributed by atoms with Gasteiger partial charge >= 0.3 is 0 Å². The van der Waals surface area contributed by atoms with Gasteiger partial charge in [-0.05, 0) is 25.1 Å². The van der Waals surface area contributed by atoms with Gasteiger partial charge in [-0.15, -0.1) is 0 Å². The molecule has 1 aromatic rings. The molecule has 0 aliphatic rings. The van der Waals surface area contributed by atoms with Crippen LogP contribution in [0.4, 0.5) is 0 Å². The summed E-state index contributed by atoms with van der Waals surface area (Å²) in [4.78, 5) is 11.6. The van der Waals surface area contributed by atoms with Crippen LogP contribution in [0, 0.1) is 0 Å². The highest BCUT2D eigenvalue weighted by Crippen LogP contribution is 2.23. The molecule has 0 bridgehead atoms. The summed E-state index contributed by atoms with van der Waals surface area (Å²) >= 11 is 0. The van der Waals surface area contributed by atoms with Crippen LogP contribution in [0.5, 0.6) is 5.75 Å². The highest BCUT2D eigenvalue weighted by atomic mass is 32.2. The minimum Gasteiger partial charge on any atom is -0.495 e. The molecule has 0 radical (unpaired) electrons. The summed E-state index contributed by atoms with van der Waals surface area (Å²) in [7, 11) is -2.64. The van der Waals surface area contributed by atoms with Crippen molar-refractivity contribution in [3.05, 3.63) is 23.8 Å². The van der Waals surface area contributed by atoms with Crippen LogP contribution in [0.1, 0.15) is 17.3 Å². The zero-order valence-electron chi connectivity index (χ0n) is 11.4. The topological polar surface area (TPSA) is 108 Å². The Balaban J connectivity index is 2.89. The molecule has 0 saturated carbocycles. The van der Waals surface area contributed by atoms with Crippen molar-refractivity contribution in [3.8, 4) is 5.75 Å². The number of nitrogens with one attached hydrogen (secondary N) is 1. The maximum absolute atomic E-state index is 11.8. The van der Waals surface area contributed by atoms with Crippen molar-refractivity contribution in [2.24, 2.45) is 5.14 Å². The smallest absolute Gasteiger partial charge is 0.251 e. The van der Waals surface area contributed by atoms with Crippen LogP contribution >= 0.6 is 0 Å². The summed E-state index contributed by atoms with van der Waals surface area (Å²) in [6.45, 7) is 3.14. The van der Waals surface area contributed by atoms with Crippen molar-refractivity contribution in [2.45, 2.75) is 11.8 Å². The first-order chi connectivity index (χ1) is 9.40. The number of rotatable bonds is 7. The van der Waals surface area contributed by atoms with Gasteiger partial charge in [-0.1, -0.05) is 0 Å².